The maximum Gasteiger partial charge on any atom is 0.137 e. The lowest BCUT2D eigenvalue weighted by atomic mass is 10.1. The van der Waals surface area contributed by atoms with Crippen LogP contribution in [0.1, 0.15) is 19.3 Å². The number of aromatic nitrogens is 1. The van der Waals surface area contributed by atoms with Crippen molar-refractivity contribution in [2.24, 2.45) is 0 Å². The van der Waals surface area contributed by atoms with Crippen LogP contribution in [-0.2, 0) is 0 Å². The van der Waals surface area contributed by atoms with Gasteiger partial charge in [-0.3, -0.25) is 0 Å². The Morgan fingerprint density at radius 1 is 0.783 bits per heavy atom. The lowest BCUT2D eigenvalue weighted by molar-refractivity contribution is 0.575. The van der Waals surface area contributed by atoms with E-state index < -0.39 is 0 Å². The van der Waals surface area contributed by atoms with Crippen molar-refractivity contribution in [3.05, 3.63) is 48.5 Å². The normalized spacial score (nSPS) is 15.7. The predicted octanol–water partition coefficient (Wildman–Crippen LogP) is 5.59. The summed E-state index contributed by atoms with van der Waals surface area (Å²) in [6.07, 6.45) is 3.90. The highest BCUT2D eigenvalue weighted by molar-refractivity contribution is 7.26. The predicted molar refractivity (Wildman–Crippen MR) is 101 cm³/mol. The van der Waals surface area contributed by atoms with E-state index in [2.05, 4.69) is 53.4 Å². The summed E-state index contributed by atoms with van der Waals surface area (Å²) >= 11 is 1.87. The highest BCUT2D eigenvalue weighted by Crippen LogP contribution is 2.40. The van der Waals surface area contributed by atoms with Gasteiger partial charge in [-0.25, -0.2) is 4.98 Å². The van der Waals surface area contributed by atoms with Crippen molar-refractivity contribution in [3.63, 3.8) is 0 Å². The van der Waals surface area contributed by atoms with Crippen LogP contribution < -0.4 is 4.90 Å². The molecule has 2 aromatic heterocycles. The Labute approximate surface area is 139 Å². The lowest BCUT2D eigenvalue weighted by Gasteiger charge is -2.29. The standard InChI is InChI=1S/C20H18N2S/c1-6-12-22(13-7-1)20-15-9-3-2-8-14(15)19-18(21-20)16-10-4-5-11-17(16)23-19/h2-5,8-11H,1,6-7,12-13H2. The lowest BCUT2D eigenvalue weighted by Crippen LogP contribution is -2.30. The van der Waals surface area contributed by atoms with Gasteiger partial charge in [0.1, 0.15) is 5.82 Å². The second kappa shape index (κ2) is 5.20. The third-order valence-electron chi connectivity index (χ3n) is 4.86. The zero-order valence-electron chi connectivity index (χ0n) is 13.0. The molecule has 0 amide bonds. The van der Waals surface area contributed by atoms with Crippen LogP contribution in [0.2, 0.25) is 0 Å². The first kappa shape index (κ1) is 13.3. The summed E-state index contributed by atoms with van der Waals surface area (Å²) in [5.41, 5.74) is 1.17. The zero-order valence-corrected chi connectivity index (χ0v) is 13.8. The van der Waals surface area contributed by atoms with Gasteiger partial charge in [0.25, 0.3) is 0 Å². The molecule has 1 fully saturated rings. The molecule has 0 atom stereocenters. The van der Waals surface area contributed by atoms with Crippen LogP contribution in [0.25, 0.3) is 31.1 Å². The highest BCUT2D eigenvalue weighted by Gasteiger charge is 2.18. The average Bonchev–Trinajstić information content (AvgIpc) is 3.01. The Bertz CT molecular complexity index is 1010. The highest BCUT2D eigenvalue weighted by atomic mass is 32.1. The molecule has 5 rings (SSSR count). The zero-order chi connectivity index (χ0) is 15.2. The minimum absolute atomic E-state index is 1.13. The molecule has 23 heavy (non-hydrogen) atoms. The smallest absolute Gasteiger partial charge is 0.137 e. The third-order valence-corrected chi connectivity index (χ3v) is 6.05. The molecule has 4 aromatic rings. The van der Waals surface area contributed by atoms with Crippen LogP contribution in [0.3, 0.4) is 0 Å². The molecule has 0 unspecified atom stereocenters. The number of hydrogen-bond acceptors (Lipinski definition) is 3. The molecule has 1 saturated heterocycles. The molecule has 114 valence electrons. The van der Waals surface area contributed by atoms with Gasteiger partial charge in [0.05, 0.1) is 10.2 Å². The van der Waals surface area contributed by atoms with E-state index in [0.29, 0.717) is 0 Å². The van der Waals surface area contributed by atoms with E-state index >= 15 is 0 Å². The largest absolute Gasteiger partial charge is 0.356 e. The summed E-state index contributed by atoms with van der Waals surface area (Å²) in [5.74, 6) is 1.18. The first-order valence-electron chi connectivity index (χ1n) is 8.37. The van der Waals surface area contributed by atoms with Gasteiger partial charge in [0.2, 0.25) is 0 Å². The van der Waals surface area contributed by atoms with Crippen LogP contribution in [0.15, 0.2) is 48.5 Å². The van der Waals surface area contributed by atoms with Crippen molar-refractivity contribution in [3.8, 4) is 0 Å². The molecule has 1 aliphatic heterocycles. The first-order valence-corrected chi connectivity index (χ1v) is 9.18. The molecular weight excluding hydrogens is 300 g/mol. The van der Waals surface area contributed by atoms with E-state index in [4.69, 9.17) is 4.98 Å². The number of fused-ring (bicyclic) bond motifs is 5. The fourth-order valence-electron chi connectivity index (χ4n) is 3.71. The summed E-state index contributed by atoms with van der Waals surface area (Å²) in [6.45, 7) is 2.26. The fourth-order valence-corrected chi connectivity index (χ4v) is 4.90. The summed E-state index contributed by atoms with van der Waals surface area (Å²) in [6, 6.07) is 17.4. The maximum absolute atomic E-state index is 5.15. The minimum atomic E-state index is 1.13. The van der Waals surface area contributed by atoms with Gasteiger partial charge < -0.3 is 4.90 Å². The van der Waals surface area contributed by atoms with Gasteiger partial charge in [-0.05, 0) is 25.3 Å². The Balaban J connectivity index is 1.89. The molecule has 0 bridgehead atoms. The number of hydrogen-bond donors (Lipinski definition) is 0. The monoisotopic (exact) mass is 318 g/mol. The Morgan fingerprint density at radius 2 is 1.48 bits per heavy atom. The van der Waals surface area contributed by atoms with Gasteiger partial charge in [-0.15, -0.1) is 11.3 Å². The van der Waals surface area contributed by atoms with E-state index in [1.807, 2.05) is 11.3 Å². The summed E-state index contributed by atoms with van der Waals surface area (Å²) in [5, 5.41) is 3.93. The Kier molecular flexibility index (Phi) is 3.01. The first-order chi connectivity index (χ1) is 11.4. The van der Waals surface area contributed by atoms with Crippen LogP contribution in [0.4, 0.5) is 5.82 Å². The van der Waals surface area contributed by atoms with Crippen molar-refractivity contribution in [2.45, 2.75) is 19.3 Å². The summed E-state index contributed by atoms with van der Waals surface area (Å²) in [7, 11) is 0. The van der Waals surface area contributed by atoms with Crippen molar-refractivity contribution < 1.29 is 0 Å². The second-order valence-electron chi connectivity index (χ2n) is 6.30. The second-order valence-corrected chi connectivity index (χ2v) is 7.36. The van der Waals surface area contributed by atoms with Gasteiger partial charge >= 0.3 is 0 Å². The van der Waals surface area contributed by atoms with Crippen molar-refractivity contribution in [2.75, 3.05) is 18.0 Å². The minimum Gasteiger partial charge on any atom is -0.356 e. The van der Waals surface area contributed by atoms with Crippen LogP contribution in [0, 0.1) is 0 Å². The number of anilines is 1. The topological polar surface area (TPSA) is 16.1 Å². The van der Waals surface area contributed by atoms with E-state index in [-0.39, 0.29) is 0 Å². The van der Waals surface area contributed by atoms with Crippen molar-refractivity contribution >= 4 is 48.2 Å². The Hall–Kier alpha value is -2.13. The molecule has 3 heterocycles. The van der Waals surface area contributed by atoms with Gasteiger partial charge in [0.15, 0.2) is 0 Å². The fraction of sp³-hybridized carbons (Fsp3) is 0.250. The molecule has 0 saturated carbocycles. The number of piperidine rings is 1. The molecule has 2 nitrogen and oxygen atoms in total. The molecule has 0 N–H and O–H groups in total. The number of benzene rings is 2. The van der Waals surface area contributed by atoms with Gasteiger partial charge in [-0.1, -0.05) is 42.5 Å². The molecule has 2 aromatic carbocycles. The van der Waals surface area contributed by atoms with Crippen molar-refractivity contribution in [1.29, 1.82) is 0 Å². The molecule has 0 aliphatic carbocycles. The number of nitrogens with zero attached hydrogens (tertiary/aromatic N) is 2. The molecule has 1 aliphatic rings. The third kappa shape index (κ3) is 2.03. The average molecular weight is 318 g/mol. The number of rotatable bonds is 1. The van der Waals surface area contributed by atoms with Gasteiger partial charge in [0, 0.05) is 33.9 Å². The molecule has 3 heteroatoms. The molecular formula is C20H18N2S. The summed E-state index contributed by atoms with van der Waals surface area (Å²) in [4.78, 5) is 7.64. The molecule has 0 radical (unpaired) electrons. The van der Waals surface area contributed by atoms with E-state index in [0.717, 1.165) is 13.1 Å². The van der Waals surface area contributed by atoms with E-state index in [1.54, 1.807) is 0 Å². The van der Waals surface area contributed by atoms with Crippen LogP contribution in [0.5, 0.6) is 0 Å². The van der Waals surface area contributed by atoms with Crippen LogP contribution in [-0.4, -0.2) is 18.1 Å². The maximum atomic E-state index is 5.15. The van der Waals surface area contributed by atoms with E-state index in [1.165, 1.54) is 56.2 Å². The van der Waals surface area contributed by atoms with Crippen LogP contribution >= 0.6 is 11.3 Å². The Morgan fingerprint density at radius 3 is 2.30 bits per heavy atom. The van der Waals surface area contributed by atoms with Gasteiger partial charge in [-0.2, -0.15) is 0 Å². The number of pyridine rings is 1. The van der Waals surface area contributed by atoms with E-state index in [9.17, 15) is 0 Å². The summed E-state index contributed by atoms with van der Waals surface area (Å²) < 4.78 is 2.65. The van der Waals surface area contributed by atoms with Crippen molar-refractivity contribution in [1.82, 2.24) is 4.98 Å². The quantitative estimate of drug-likeness (QED) is 0.454. The number of thiophene rings is 1. The molecule has 0 spiro atoms. The SMILES string of the molecule is c1ccc2c(c1)sc1c3ccccc3c(N3CCCCC3)nc21.